The molecule has 1 saturated carbocycles. The summed E-state index contributed by atoms with van der Waals surface area (Å²) in [4.78, 5) is 2.61. The predicted octanol–water partition coefficient (Wildman–Crippen LogP) is 3.90. The number of hydrogen-bond acceptors (Lipinski definition) is 2. The van der Waals surface area contributed by atoms with Crippen LogP contribution in [0.1, 0.15) is 43.2 Å². The molecule has 1 aliphatic heterocycles. The van der Waals surface area contributed by atoms with Crippen LogP contribution in [0.4, 0.5) is 0 Å². The first-order valence-electron chi connectivity index (χ1n) is 8.28. The van der Waals surface area contributed by atoms with Crippen LogP contribution in [-0.4, -0.2) is 25.6 Å². The van der Waals surface area contributed by atoms with Crippen LogP contribution in [0.5, 0.6) is 5.75 Å². The van der Waals surface area contributed by atoms with Crippen molar-refractivity contribution in [3.63, 3.8) is 0 Å². The highest BCUT2D eigenvalue weighted by Crippen LogP contribution is 2.61. The standard InChI is InChI=1S/C19H25NO/c1-20-13-5-10-18-9-3-4-11-19(18,20)17-14-16(21-2)7-6-15(17)8-12-18/h5-7,10,14H,3-4,8-9,11-13H2,1-2H3. The molecule has 2 atom stereocenters. The lowest BCUT2D eigenvalue weighted by molar-refractivity contribution is -0.0496. The summed E-state index contributed by atoms with van der Waals surface area (Å²) in [5.41, 5.74) is 3.62. The number of aryl methyl sites for hydroxylation is 1. The quantitative estimate of drug-likeness (QED) is 0.725. The maximum absolute atomic E-state index is 5.53. The molecular weight excluding hydrogens is 258 g/mol. The van der Waals surface area contributed by atoms with E-state index in [1.165, 1.54) is 44.1 Å². The molecule has 112 valence electrons. The molecule has 0 radical (unpaired) electrons. The molecule has 2 heteroatoms. The highest BCUT2D eigenvalue weighted by atomic mass is 16.5. The zero-order valence-corrected chi connectivity index (χ0v) is 13.2. The summed E-state index contributed by atoms with van der Waals surface area (Å²) in [6, 6.07) is 6.75. The molecule has 0 saturated heterocycles. The second-order valence-corrected chi connectivity index (χ2v) is 7.03. The van der Waals surface area contributed by atoms with Crippen LogP contribution in [0, 0.1) is 5.41 Å². The van der Waals surface area contributed by atoms with E-state index >= 15 is 0 Å². The van der Waals surface area contributed by atoms with Gasteiger partial charge in [0.15, 0.2) is 0 Å². The summed E-state index contributed by atoms with van der Waals surface area (Å²) < 4.78 is 5.53. The molecular formula is C19H25NO. The highest BCUT2D eigenvalue weighted by molar-refractivity contribution is 5.47. The fourth-order valence-electron chi connectivity index (χ4n) is 5.33. The van der Waals surface area contributed by atoms with E-state index in [-0.39, 0.29) is 5.54 Å². The minimum absolute atomic E-state index is 0.197. The molecule has 1 aromatic carbocycles. The average Bonchev–Trinajstić information content (AvgIpc) is 2.54. The van der Waals surface area contributed by atoms with Crippen molar-refractivity contribution in [2.75, 3.05) is 20.7 Å². The van der Waals surface area contributed by atoms with Crippen molar-refractivity contribution in [3.05, 3.63) is 41.5 Å². The average molecular weight is 283 g/mol. The van der Waals surface area contributed by atoms with E-state index < -0.39 is 0 Å². The maximum atomic E-state index is 5.53. The maximum Gasteiger partial charge on any atom is 0.119 e. The second-order valence-electron chi connectivity index (χ2n) is 7.03. The van der Waals surface area contributed by atoms with Gasteiger partial charge in [-0.2, -0.15) is 0 Å². The van der Waals surface area contributed by atoms with Crippen molar-refractivity contribution in [3.8, 4) is 5.75 Å². The first kappa shape index (κ1) is 13.4. The van der Waals surface area contributed by atoms with Crippen molar-refractivity contribution in [1.29, 1.82) is 0 Å². The number of methoxy groups -OCH3 is 1. The Morgan fingerprint density at radius 2 is 2.00 bits per heavy atom. The zero-order valence-electron chi connectivity index (χ0n) is 13.2. The first-order valence-corrected chi connectivity index (χ1v) is 8.28. The van der Waals surface area contributed by atoms with E-state index in [1.54, 1.807) is 12.7 Å². The van der Waals surface area contributed by atoms with Gasteiger partial charge in [0.2, 0.25) is 0 Å². The summed E-state index contributed by atoms with van der Waals surface area (Å²) in [5.74, 6) is 1.01. The van der Waals surface area contributed by atoms with E-state index in [0.29, 0.717) is 5.41 Å². The molecule has 1 aromatic rings. The van der Waals surface area contributed by atoms with Gasteiger partial charge < -0.3 is 4.74 Å². The molecule has 1 heterocycles. The van der Waals surface area contributed by atoms with Crippen LogP contribution in [0.15, 0.2) is 30.4 Å². The molecule has 0 N–H and O–H groups in total. The van der Waals surface area contributed by atoms with Gasteiger partial charge in [0.05, 0.1) is 12.6 Å². The van der Waals surface area contributed by atoms with E-state index in [4.69, 9.17) is 4.74 Å². The summed E-state index contributed by atoms with van der Waals surface area (Å²) in [7, 11) is 4.10. The third-order valence-corrected chi connectivity index (χ3v) is 6.31. The Morgan fingerprint density at radius 3 is 2.86 bits per heavy atom. The number of ether oxygens (including phenoxy) is 1. The molecule has 1 fully saturated rings. The van der Waals surface area contributed by atoms with Gasteiger partial charge in [0.1, 0.15) is 5.75 Å². The summed E-state index contributed by atoms with van der Waals surface area (Å²) in [5, 5.41) is 0. The van der Waals surface area contributed by atoms with E-state index in [0.717, 1.165) is 12.3 Å². The Labute approximate surface area is 127 Å². The monoisotopic (exact) mass is 283 g/mol. The number of nitrogens with zero attached hydrogens (tertiary/aromatic N) is 1. The lowest BCUT2D eigenvalue weighted by Gasteiger charge is -2.62. The number of fused-ring (bicyclic) bond motifs is 1. The smallest absolute Gasteiger partial charge is 0.119 e. The van der Waals surface area contributed by atoms with E-state index in [1.807, 2.05) is 0 Å². The van der Waals surface area contributed by atoms with Gasteiger partial charge in [-0.15, -0.1) is 0 Å². The summed E-state index contributed by atoms with van der Waals surface area (Å²) in [6.45, 7) is 1.07. The van der Waals surface area contributed by atoms with E-state index in [2.05, 4.69) is 42.3 Å². The minimum Gasteiger partial charge on any atom is -0.497 e. The van der Waals surface area contributed by atoms with Gasteiger partial charge in [0.25, 0.3) is 0 Å². The highest BCUT2D eigenvalue weighted by Gasteiger charge is 2.57. The first-order chi connectivity index (χ1) is 10.2. The van der Waals surface area contributed by atoms with Crippen molar-refractivity contribution in [2.24, 2.45) is 5.41 Å². The van der Waals surface area contributed by atoms with E-state index in [9.17, 15) is 0 Å². The Hall–Kier alpha value is -1.28. The van der Waals surface area contributed by atoms with Crippen molar-refractivity contribution in [2.45, 2.75) is 44.1 Å². The van der Waals surface area contributed by atoms with Gasteiger partial charge in [-0.3, -0.25) is 4.90 Å². The van der Waals surface area contributed by atoms with Crippen LogP contribution in [-0.2, 0) is 12.0 Å². The third-order valence-electron chi connectivity index (χ3n) is 6.31. The van der Waals surface area contributed by atoms with Crippen molar-refractivity contribution in [1.82, 2.24) is 4.90 Å². The van der Waals surface area contributed by atoms with Crippen molar-refractivity contribution < 1.29 is 4.74 Å². The predicted molar refractivity (Wildman–Crippen MR) is 85.7 cm³/mol. The Kier molecular flexibility index (Phi) is 2.94. The van der Waals surface area contributed by atoms with Crippen LogP contribution >= 0.6 is 0 Å². The van der Waals surface area contributed by atoms with Gasteiger partial charge in [-0.1, -0.05) is 31.1 Å². The summed E-state index contributed by atoms with van der Waals surface area (Å²) in [6.07, 6.45) is 12.8. The van der Waals surface area contributed by atoms with Gasteiger partial charge in [-0.05, 0) is 56.0 Å². The zero-order chi connectivity index (χ0) is 14.5. The SMILES string of the molecule is COc1ccc2c(c1)C13CCCCC1(C=CCN3C)CC2. The fraction of sp³-hybridized carbons (Fsp3) is 0.579. The minimum atomic E-state index is 0.197. The normalized spacial score (nSPS) is 34.8. The molecule has 0 spiro atoms. The van der Waals surface area contributed by atoms with Gasteiger partial charge in [-0.25, -0.2) is 0 Å². The van der Waals surface area contributed by atoms with Gasteiger partial charge in [0, 0.05) is 12.0 Å². The molecule has 21 heavy (non-hydrogen) atoms. The second kappa shape index (κ2) is 4.61. The molecule has 2 unspecified atom stereocenters. The number of rotatable bonds is 1. The van der Waals surface area contributed by atoms with Crippen LogP contribution in [0.3, 0.4) is 0 Å². The lowest BCUT2D eigenvalue weighted by atomic mass is 9.51. The fourth-order valence-corrected chi connectivity index (χ4v) is 5.33. The van der Waals surface area contributed by atoms with Crippen LogP contribution in [0.2, 0.25) is 0 Å². The molecule has 0 aromatic heterocycles. The van der Waals surface area contributed by atoms with Crippen molar-refractivity contribution >= 4 is 0 Å². The Balaban J connectivity index is 1.97. The number of likely N-dealkylation sites (N-methyl/N-ethyl adjacent to an activating group) is 1. The largest absolute Gasteiger partial charge is 0.497 e. The molecule has 4 rings (SSSR count). The van der Waals surface area contributed by atoms with Crippen LogP contribution in [0.25, 0.3) is 0 Å². The lowest BCUT2D eigenvalue weighted by Crippen LogP contribution is -2.61. The third kappa shape index (κ3) is 1.63. The van der Waals surface area contributed by atoms with Gasteiger partial charge >= 0.3 is 0 Å². The topological polar surface area (TPSA) is 12.5 Å². The molecule has 0 bridgehead atoms. The number of hydrogen-bond donors (Lipinski definition) is 0. The Morgan fingerprint density at radius 1 is 1.14 bits per heavy atom. The van der Waals surface area contributed by atoms with Crippen LogP contribution < -0.4 is 4.74 Å². The molecule has 0 amide bonds. The molecule has 2 nitrogen and oxygen atoms in total. The molecule has 2 aliphatic carbocycles. The molecule has 3 aliphatic rings. The summed E-state index contributed by atoms with van der Waals surface area (Å²) >= 11 is 0. The Bertz CT molecular complexity index is 593. The number of benzene rings is 1.